The normalized spacial score (nSPS) is 12.3. The van der Waals surface area contributed by atoms with Gasteiger partial charge in [-0.15, -0.1) is 11.3 Å². The highest BCUT2D eigenvalue weighted by Gasteiger charge is 2.15. The molecule has 0 saturated heterocycles. The Hall–Kier alpha value is -1.35. The predicted octanol–water partition coefficient (Wildman–Crippen LogP) is 4.50. The van der Waals surface area contributed by atoms with Gasteiger partial charge in [-0.3, -0.25) is 4.79 Å². The first-order valence-corrected chi connectivity index (χ1v) is 10.7. The van der Waals surface area contributed by atoms with Gasteiger partial charge >= 0.3 is 0 Å². The Bertz CT molecular complexity index is 955. The number of thiophene rings is 1. The number of hydrogen-bond acceptors (Lipinski definition) is 5. The average Bonchev–Trinajstić information content (AvgIpc) is 3.25. The number of rotatable bonds is 4. The number of H-pyrrole nitrogens is 1. The summed E-state index contributed by atoms with van der Waals surface area (Å²) in [7, 11) is 0. The number of halogens is 2. The molecule has 0 atom stereocenters. The zero-order chi connectivity index (χ0) is 18.5. The molecular weight excluding hydrogens is 482 g/mol. The SMILES string of the molecule is Brc1cc(Br)c2c(c1)CCO2.NCCCNc1cc(=O)c2sccc2[nH]1. The Labute approximate surface area is 172 Å². The van der Waals surface area contributed by atoms with E-state index < -0.39 is 0 Å². The van der Waals surface area contributed by atoms with Gasteiger partial charge in [0.2, 0.25) is 5.43 Å². The van der Waals surface area contributed by atoms with Crippen molar-refractivity contribution in [1.29, 1.82) is 0 Å². The van der Waals surface area contributed by atoms with Gasteiger partial charge in [-0.2, -0.15) is 0 Å². The first-order chi connectivity index (χ1) is 12.6. The summed E-state index contributed by atoms with van der Waals surface area (Å²) >= 11 is 8.33. The molecule has 26 heavy (non-hydrogen) atoms. The molecule has 138 valence electrons. The molecule has 0 radical (unpaired) electrons. The van der Waals surface area contributed by atoms with Crippen LogP contribution in [0.4, 0.5) is 5.82 Å². The largest absolute Gasteiger partial charge is 0.492 e. The summed E-state index contributed by atoms with van der Waals surface area (Å²) in [5.41, 5.74) is 7.63. The Morgan fingerprint density at radius 1 is 1.31 bits per heavy atom. The van der Waals surface area contributed by atoms with Crippen LogP contribution in [0.5, 0.6) is 5.75 Å². The Morgan fingerprint density at radius 2 is 2.15 bits per heavy atom. The second kappa shape index (κ2) is 9.03. The molecule has 0 spiro atoms. The Balaban J connectivity index is 0.000000158. The number of ether oxygens (including phenoxy) is 1. The molecule has 1 aliphatic heterocycles. The second-order valence-electron chi connectivity index (χ2n) is 5.75. The number of hydrogen-bond donors (Lipinski definition) is 3. The lowest BCUT2D eigenvalue weighted by molar-refractivity contribution is 0.355. The highest BCUT2D eigenvalue weighted by Crippen LogP contribution is 2.36. The molecule has 3 heterocycles. The van der Waals surface area contributed by atoms with Crippen LogP contribution in [0.2, 0.25) is 0 Å². The van der Waals surface area contributed by atoms with Crippen molar-refractivity contribution >= 4 is 59.2 Å². The van der Waals surface area contributed by atoms with E-state index in [0.29, 0.717) is 6.54 Å². The van der Waals surface area contributed by atoms with Crippen molar-refractivity contribution in [1.82, 2.24) is 4.98 Å². The number of benzene rings is 1. The minimum atomic E-state index is 0.0639. The molecule has 0 unspecified atom stereocenters. The van der Waals surface area contributed by atoms with Gasteiger partial charge < -0.3 is 20.8 Å². The zero-order valence-electron chi connectivity index (χ0n) is 14.0. The van der Waals surface area contributed by atoms with Crippen molar-refractivity contribution in [2.24, 2.45) is 5.73 Å². The van der Waals surface area contributed by atoms with Crippen molar-refractivity contribution in [3.05, 3.63) is 54.4 Å². The Morgan fingerprint density at radius 3 is 2.96 bits per heavy atom. The molecule has 1 aliphatic rings. The number of pyridine rings is 1. The lowest BCUT2D eigenvalue weighted by Crippen LogP contribution is -2.11. The average molecular weight is 501 g/mol. The summed E-state index contributed by atoms with van der Waals surface area (Å²) < 4.78 is 8.34. The maximum absolute atomic E-state index is 11.6. The van der Waals surface area contributed by atoms with E-state index >= 15 is 0 Å². The first-order valence-electron chi connectivity index (χ1n) is 8.23. The Kier molecular flexibility index (Phi) is 6.74. The fourth-order valence-electron chi connectivity index (χ4n) is 2.62. The van der Waals surface area contributed by atoms with Crippen molar-refractivity contribution in [2.75, 3.05) is 25.0 Å². The molecule has 0 saturated carbocycles. The number of anilines is 1. The molecule has 2 aromatic heterocycles. The van der Waals surface area contributed by atoms with Gasteiger partial charge in [0, 0.05) is 23.5 Å². The highest BCUT2D eigenvalue weighted by molar-refractivity contribution is 9.11. The van der Waals surface area contributed by atoms with Crippen molar-refractivity contribution in [3.63, 3.8) is 0 Å². The number of aromatic amines is 1. The molecule has 0 fully saturated rings. The number of nitrogens with one attached hydrogen (secondary N) is 2. The maximum atomic E-state index is 11.6. The van der Waals surface area contributed by atoms with Crippen molar-refractivity contribution < 1.29 is 4.74 Å². The number of nitrogens with two attached hydrogens (primary N) is 1. The summed E-state index contributed by atoms with van der Waals surface area (Å²) in [6.45, 7) is 2.24. The fraction of sp³-hybridized carbons (Fsp3) is 0.278. The van der Waals surface area contributed by atoms with E-state index in [9.17, 15) is 4.79 Å². The second-order valence-corrected chi connectivity index (χ2v) is 8.44. The quantitative estimate of drug-likeness (QED) is 0.461. The summed E-state index contributed by atoms with van der Waals surface area (Å²) in [6.07, 6.45) is 1.91. The van der Waals surface area contributed by atoms with Crippen molar-refractivity contribution in [3.8, 4) is 5.75 Å². The minimum Gasteiger partial charge on any atom is -0.492 e. The van der Waals surface area contributed by atoms with Crippen LogP contribution >= 0.6 is 43.2 Å². The standard InChI is InChI=1S/C10H13N3OS.C8H6Br2O/c11-3-1-4-12-9-6-8(14)10-7(13-9)2-5-15-10;9-6-3-5-1-2-11-8(5)7(10)4-6/h2,5-6H,1,3-4,11H2,(H2,12,13,14);3-4H,1-2H2. The van der Waals surface area contributed by atoms with E-state index in [1.54, 1.807) is 6.07 Å². The van der Waals surface area contributed by atoms with E-state index in [1.807, 2.05) is 17.5 Å². The van der Waals surface area contributed by atoms with Gasteiger partial charge in [-0.1, -0.05) is 15.9 Å². The van der Waals surface area contributed by atoms with Crippen LogP contribution in [0.1, 0.15) is 12.0 Å². The molecule has 0 amide bonds. The third kappa shape index (κ3) is 4.68. The van der Waals surface area contributed by atoms with Crippen LogP contribution in [-0.2, 0) is 6.42 Å². The lowest BCUT2D eigenvalue weighted by atomic mass is 10.2. The van der Waals surface area contributed by atoms with Crippen LogP contribution in [0.3, 0.4) is 0 Å². The van der Waals surface area contributed by atoms with Gasteiger partial charge in [-0.25, -0.2) is 0 Å². The van der Waals surface area contributed by atoms with E-state index in [4.69, 9.17) is 10.5 Å². The van der Waals surface area contributed by atoms with E-state index in [2.05, 4.69) is 48.2 Å². The summed E-state index contributed by atoms with van der Waals surface area (Å²) in [4.78, 5) is 14.8. The molecule has 5 nitrogen and oxygen atoms in total. The molecule has 0 bridgehead atoms. The molecule has 1 aromatic carbocycles. The molecule has 3 aromatic rings. The monoisotopic (exact) mass is 499 g/mol. The van der Waals surface area contributed by atoms with Crippen molar-refractivity contribution in [2.45, 2.75) is 12.8 Å². The van der Waals surface area contributed by atoms with Crippen LogP contribution < -0.4 is 21.2 Å². The molecule has 0 aliphatic carbocycles. The highest BCUT2D eigenvalue weighted by atomic mass is 79.9. The minimum absolute atomic E-state index is 0.0639. The zero-order valence-corrected chi connectivity index (χ0v) is 18.0. The lowest BCUT2D eigenvalue weighted by Gasteiger charge is -2.04. The summed E-state index contributed by atoms with van der Waals surface area (Å²) in [5.74, 6) is 1.77. The van der Waals surface area contributed by atoms with E-state index in [-0.39, 0.29) is 5.43 Å². The van der Waals surface area contributed by atoms with Crippen LogP contribution in [0.15, 0.2) is 43.4 Å². The van der Waals surface area contributed by atoms with E-state index in [1.165, 1.54) is 16.9 Å². The topological polar surface area (TPSA) is 80.1 Å². The number of fused-ring (bicyclic) bond motifs is 2. The van der Waals surface area contributed by atoms with Crippen LogP contribution in [0.25, 0.3) is 10.2 Å². The molecule has 8 heteroatoms. The molecular formula is C18H19Br2N3O2S. The first kappa shape index (κ1) is 19.4. The summed E-state index contributed by atoms with van der Waals surface area (Å²) in [6, 6.07) is 7.61. The molecule has 4 N–H and O–H groups in total. The summed E-state index contributed by atoms with van der Waals surface area (Å²) in [5, 5.41) is 5.05. The predicted molar refractivity (Wildman–Crippen MR) is 116 cm³/mol. The van der Waals surface area contributed by atoms with Gasteiger partial charge in [-0.05, 0) is 58.0 Å². The van der Waals surface area contributed by atoms with Gasteiger partial charge in [0.05, 0.1) is 21.3 Å². The third-order valence-corrected chi connectivity index (χ3v) is 5.81. The number of aromatic nitrogens is 1. The maximum Gasteiger partial charge on any atom is 0.201 e. The van der Waals surface area contributed by atoms with Gasteiger partial charge in [0.25, 0.3) is 0 Å². The van der Waals surface area contributed by atoms with E-state index in [0.717, 1.165) is 56.7 Å². The third-order valence-electron chi connectivity index (χ3n) is 3.83. The fourth-order valence-corrected chi connectivity index (χ4v) is 4.81. The smallest absolute Gasteiger partial charge is 0.201 e. The van der Waals surface area contributed by atoms with Crippen LogP contribution in [-0.4, -0.2) is 24.7 Å². The van der Waals surface area contributed by atoms with Gasteiger partial charge in [0.15, 0.2) is 0 Å². The van der Waals surface area contributed by atoms with Gasteiger partial charge in [0.1, 0.15) is 11.6 Å². The molecule has 4 rings (SSSR count). The van der Waals surface area contributed by atoms with Crippen LogP contribution in [0, 0.1) is 0 Å².